The summed E-state index contributed by atoms with van der Waals surface area (Å²) >= 11 is 5.59. The lowest BCUT2D eigenvalue weighted by Gasteiger charge is -2.43. The number of carbonyl (C=O) groups is 1. The summed E-state index contributed by atoms with van der Waals surface area (Å²) in [6, 6.07) is 20.3. The van der Waals surface area contributed by atoms with Gasteiger partial charge in [-0.05, 0) is 66.0 Å². The fraction of sp³-hybridized carbons (Fsp3) is 0.226. The number of amides is 1. The van der Waals surface area contributed by atoms with Crippen molar-refractivity contribution in [1.82, 2.24) is 4.98 Å². The molecule has 1 aliphatic carbocycles. The SMILES string of the molecule is N#Cc1ncc(N2C(=O)C3(CCC3)N(c3ccc(OCCc4cccc5ccccc45)c(F)c3)C2=S)cc1C(F)(F)F. The van der Waals surface area contributed by atoms with Crippen molar-refractivity contribution in [2.45, 2.75) is 37.4 Å². The number of anilines is 2. The number of rotatable bonds is 6. The molecule has 11 heteroatoms. The van der Waals surface area contributed by atoms with Gasteiger partial charge in [-0.3, -0.25) is 9.69 Å². The first-order chi connectivity index (χ1) is 20.1. The Hall–Kier alpha value is -4.56. The topological polar surface area (TPSA) is 69.5 Å². The molecule has 6 rings (SSSR count). The van der Waals surface area contributed by atoms with E-state index in [0.29, 0.717) is 31.7 Å². The van der Waals surface area contributed by atoms with Crippen molar-refractivity contribution in [2.24, 2.45) is 0 Å². The van der Waals surface area contributed by atoms with E-state index in [9.17, 15) is 18.0 Å². The number of thiocarbonyl (C=S) groups is 1. The third-order valence-corrected chi connectivity index (χ3v) is 8.18. The highest BCUT2D eigenvalue weighted by Gasteiger charge is 2.60. The van der Waals surface area contributed by atoms with Crippen LogP contribution in [0.15, 0.2) is 72.9 Å². The fourth-order valence-corrected chi connectivity index (χ4v) is 6.09. The highest BCUT2D eigenvalue weighted by atomic mass is 32.1. The Morgan fingerprint density at radius 2 is 1.81 bits per heavy atom. The van der Waals surface area contributed by atoms with Crippen molar-refractivity contribution in [3.8, 4) is 11.8 Å². The van der Waals surface area contributed by atoms with Gasteiger partial charge in [0.2, 0.25) is 0 Å². The van der Waals surface area contributed by atoms with Gasteiger partial charge in [-0.25, -0.2) is 9.37 Å². The molecule has 1 amide bonds. The quantitative estimate of drug-likeness (QED) is 0.179. The number of nitrogens with zero attached hydrogens (tertiary/aromatic N) is 4. The molecule has 0 atom stereocenters. The molecular formula is C31H22F4N4O2S. The number of hydrogen-bond acceptors (Lipinski definition) is 5. The van der Waals surface area contributed by atoms with Crippen LogP contribution in [-0.4, -0.2) is 28.1 Å². The summed E-state index contributed by atoms with van der Waals surface area (Å²) in [6.45, 7) is 0.232. The highest BCUT2D eigenvalue weighted by Crippen LogP contribution is 2.48. The van der Waals surface area contributed by atoms with E-state index in [-0.39, 0.29) is 28.8 Å². The molecule has 1 saturated carbocycles. The third kappa shape index (κ3) is 4.52. The second kappa shape index (κ2) is 10.4. The molecule has 1 saturated heterocycles. The lowest BCUT2D eigenvalue weighted by Crippen LogP contribution is -2.55. The molecular weight excluding hydrogens is 568 g/mol. The largest absolute Gasteiger partial charge is 0.490 e. The molecule has 1 aromatic heterocycles. The molecule has 0 unspecified atom stereocenters. The zero-order chi connectivity index (χ0) is 29.6. The van der Waals surface area contributed by atoms with E-state index in [1.54, 1.807) is 6.07 Å². The molecule has 42 heavy (non-hydrogen) atoms. The second-order valence-corrected chi connectivity index (χ2v) is 10.6. The van der Waals surface area contributed by atoms with Crippen molar-refractivity contribution in [3.63, 3.8) is 0 Å². The van der Waals surface area contributed by atoms with Crippen LogP contribution in [0.2, 0.25) is 0 Å². The van der Waals surface area contributed by atoms with Crippen molar-refractivity contribution in [3.05, 3.63) is 95.6 Å². The van der Waals surface area contributed by atoms with E-state index < -0.39 is 34.7 Å². The van der Waals surface area contributed by atoms with Gasteiger partial charge in [-0.1, -0.05) is 42.5 Å². The Morgan fingerprint density at radius 1 is 1.05 bits per heavy atom. The first kappa shape index (κ1) is 27.6. The third-order valence-electron chi connectivity index (χ3n) is 7.82. The molecule has 0 bridgehead atoms. The van der Waals surface area contributed by atoms with Crippen LogP contribution in [-0.2, 0) is 17.4 Å². The predicted molar refractivity (Wildman–Crippen MR) is 153 cm³/mol. The Kier molecular flexibility index (Phi) is 6.81. The number of aromatic nitrogens is 1. The van der Waals surface area contributed by atoms with E-state index in [1.807, 2.05) is 42.5 Å². The number of pyridine rings is 1. The van der Waals surface area contributed by atoms with Crippen molar-refractivity contribution >= 4 is 45.4 Å². The first-order valence-corrected chi connectivity index (χ1v) is 13.6. The second-order valence-electron chi connectivity index (χ2n) is 10.2. The fourth-order valence-electron chi connectivity index (χ4n) is 5.62. The Bertz CT molecular complexity index is 1780. The normalized spacial score (nSPS) is 16.2. The lowest BCUT2D eigenvalue weighted by atomic mass is 9.75. The predicted octanol–water partition coefficient (Wildman–Crippen LogP) is 6.95. The van der Waals surface area contributed by atoms with Crippen molar-refractivity contribution < 1.29 is 27.1 Å². The van der Waals surface area contributed by atoms with Gasteiger partial charge >= 0.3 is 6.18 Å². The van der Waals surface area contributed by atoms with E-state index >= 15 is 4.39 Å². The monoisotopic (exact) mass is 590 g/mol. The van der Waals surface area contributed by atoms with Crippen LogP contribution in [0.4, 0.5) is 28.9 Å². The van der Waals surface area contributed by atoms with Crippen LogP contribution in [0, 0.1) is 17.1 Å². The number of carbonyl (C=O) groups excluding carboxylic acids is 1. The number of alkyl halides is 3. The van der Waals surface area contributed by atoms with Gasteiger partial charge in [0.25, 0.3) is 5.91 Å². The number of hydrogen-bond donors (Lipinski definition) is 0. The zero-order valence-corrected chi connectivity index (χ0v) is 22.8. The molecule has 2 fully saturated rings. The summed E-state index contributed by atoms with van der Waals surface area (Å²) in [6.07, 6.45) is -1.81. The van der Waals surface area contributed by atoms with E-state index in [1.165, 1.54) is 23.1 Å². The maximum absolute atomic E-state index is 15.3. The van der Waals surface area contributed by atoms with Gasteiger partial charge in [0.05, 0.1) is 24.1 Å². The summed E-state index contributed by atoms with van der Waals surface area (Å²) in [5.41, 5.74) is -2.07. The minimum absolute atomic E-state index is 0.0288. The molecule has 2 heterocycles. The number of halogens is 4. The van der Waals surface area contributed by atoms with Gasteiger partial charge in [0.15, 0.2) is 22.4 Å². The maximum Gasteiger partial charge on any atom is 0.419 e. The molecule has 6 nitrogen and oxygen atoms in total. The molecule has 4 aromatic rings. The van der Waals surface area contributed by atoms with Crippen LogP contribution in [0.5, 0.6) is 5.75 Å². The Balaban J connectivity index is 1.25. The summed E-state index contributed by atoms with van der Waals surface area (Å²) in [5.74, 6) is -1.15. The van der Waals surface area contributed by atoms with Gasteiger partial charge in [-0.15, -0.1) is 0 Å². The summed E-state index contributed by atoms with van der Waals surface area (Å²) < 4.78 is 61.9. The van der Waals surface area contributed by atoms with Crippen LogP contribution < -0.4 is 14.5 Å². The summed E-state index contributed by atoms with van der Waals surface area (Å²) in [7, 11) is 0. The number of benzene rings is 3. The molecule has 3 aromatic carbocycles. The number of fused-ring (bicyclic) bond motifs is 1. The summed E-state index contributed by atoms with van der Waals surface area (Å²) in [5, 5.41) is 11.2. The van der Waals surface area contributed by atoms with E-state index in [4.69, 9.17) is 22.2 Å². The van der Waals surface area contributed by atoms with Crippen molar-refractivity contribution in [2.75, 3.05) is 16.4 Å². The van der Waals surface area contributed by atoms with Gasteiger partial charge in [0.1, 0.15) is 11.6 Å². The van der Waals surface area contributed by atoms with E-state index in [0.717, 1.165) is 27.4 Å². The molecule has 2 aliphatic rings. The zero-order valence-electron chi connectivity index (χ0n) is 22.0. The lowest BCUT2D eigenvalue weighted by molar-refractivity contribution is -0.138. The van der Waals surface area contributed by atoms with E-state index in [2.05, 4.69) is 4.98 Å². The van der Waals surface area contributed by atoms with Gasteiger partial charge in [-0.2, -0.15) is 18.4 Å². The minimum atomic E-state index is -4.86. The van der Waals surface area contributed by atoms with Crippen LogP contribution in [0.1, 0.15) is 36.1 Å². The van der Waals surface area contributed by atoms with Crippen LogP contribution in [0.25, 0.3) is 10.8 Å². The molecule has 0 radical (unpaired) electrons. The Morgan fingerprint density at radius 3 is 2.50 bits per heavy atom. The standard InChI is InChI=1S/C31H22F4N4O2S/c32-25-16-21(9-10-27(25)41-14-11-20-7-3-6-19-5-1-2-8-23(19)20)39-29(42)38(28(40)30(39)12-4-13-30)22-15-24(31(33,34)35)26(17-36)37-18-22/h1-3,5-10,15-16,18H,4,11-14H2. The Labute approximate surface area is 243 Å². The maximum atomic E-state index is 15.3. The van der Waals surface area contributed by atoms with Crippen LogP contribution >= 0.6 is 12.2 Å². The number of ether oxygens (including phenoxy) is 1. The van der Waals surface area contributed by atoms with Crippen LogP contribution in [0.3, 0.4) is 0 Å². The number of nitriles is 1. The first-order valence-electron chi connectivity index (χ1n) is 13.2. The average Bonchev–Trinajstić information content (AvgIpc) is 3.19. The smallest absolute Gasteiger partial charge is 0.419 e. The average molecular weight is 591 g/mol. The van der Waals surface area contributed by atoms with Gasteiger partial charge in [0, 0.05) is 18.2 Å². The molecule has 212 valence electrons. The van der Waals surface area contributed by atoms with Crippen molar-refractivity contribution in [1.29, 1.82) is 5.26 Å². The molecule has 0 N–H and O–H groups in total. The van der Waals surface area contributed by atoms with Gasteiger partial charge < -0.3 is 9.64 Å². The molecule has 1 spiro atoms. The molecule has 1 aliphatic heterocycles. The summed E-state index contributed by atoms with van der Waals surface area (Å²) in [4.78, 5) is 19.8. The highest BCUT2D eigenvalue weighted by molar-refractivity contribution is 7.81. The minimum Gasteiger partial charge on any atom is -0.490 e.